The Morgan fingerprint density at radius 1 is 0.889 bits per heavy atom. The number of hydrogen-bond acceptors (Lipinski definition) is 0. The van der Waals surface area contributed by atoms with Crippen molar-refractivity contribution in [2.45, 2.75) is 26.1 Å². The molecule has 1 atom stereocenters. The molecule has 0 nitrogen and oxygen atoms in total. The monoisotopic (exact) mass is 322 g/mol. The Morgan fingerprint density at radius 2 is 1.61 bits per heavy atom. The molecular formula is C16H16BrCl. The van der Waals surface area contributed by atoms with Crippen LogP contribution in [-0.2, 0) is 0 Å². The second kappa shape index (κ2) is 5.46. The molecule has 1 unspecified atom stereocenters. The van der Waals surface area contributed by atoms with Gasteiger partial charge in [0, 0.05) is 4.47 Å². The zero-order valence-corrected chi connectivity index (χ0v) is 13.1. The topological polar surface area (TPSA) is 0 Å². The minimum atomic E-state index is -0.0944. The molecule has 2 aromatic rings. The van der Waals surface area contributed by atoms with Gasteiger partial charge in [0.1, 0.15) is 0 Å². The van der Waals surface area contributed by atoms with Crippen LogP contribution < -0.4 is 0 Å². The summed E-state index contributed by atoms with van der Waals surface area (Å²) < 4.78 is 1.07. The second-order valence-electron chi connectivity index (χ2n) is 4.72. The number of rotatable bonds is 2. The van der Waals surface area contributed by atoms with Gasteiger partial charge >= 0.3 is 0 Å². The van der Waals surface area contributed by atoms with Crippen LogP contribution in [0.1, 0.15) is 33.2 Å². The number of hydrogen-bond donors (Lipinski definition) is 0. The first kappa shape index (κ1) is 13.6. The summed E-state index contributed by atoms with van der Waals surface area (Å²) in [5, 5.41) is -0.0944. The van der Waals surface area contributed by atoms with Crippen molar-refractivity contribution in [1.82, 2.24) is 0 Å². The lowest BCUT2D eigenvalue weighted by Crippen LogP contribution is -1.99. The molecule has 2 heteroatoms. The fourth-order valence-electron chi connectivity index (χ4n) is 2.16. The quantitative estimate of drug-likeness (QED) is 0.622. The molecule has 0 saturated heterocycles. The summed E-state index contributed by atoms with van der Waals surface area (Å²) in [6.45, 7) is 6.32. The van der Waals surface area contributed by atoms with Crippen LogP contribution in [0.3, 0.4) is 0 Å². The summed E-state index contributed by atoms with van der Waals surface area (Å²) >= 11 is 10.2. The highest BCUT2D eigenvalue weighted by molar-refractivity contribution is 9.10. The third-order valence-electron chi connectivity index (χ3n) is 3.21. The van der Waals surface area contributed by atoms with E-state index in [0.29, 0.717) is 0 Å². The summed E-state index contributed by atoms with van der Waals surface area (Å²) in [7, 11) is 0. The van der Waals surface area contributed by atoms with Gasteiger partial charge in [-0.05, 0) is 55.2 Å². The van der Waals surface area contributed by atoms with Crippen LogP contribution in [-0.4, -0.2) is 0 Å². The second-order valence-corrected chi connectivity index (χ2v) is 6.08. The van der Waals surface area contributed by atoms with E-state index in [9.17, 15) is 0 Å². The van der Waals surface area contributed by atoms with Crippen LogP contribution in [0.2, 0.25) is 0 Å². The molecule has 2 rings (SSSR count). The normalized spacial score (nSPS) is 12.5. The molecule has 0 radical (unpaired) electrons. The number of benzene rings is 2. The van der Waals surface area contributed by atoms with Crippen molar-refractivity contribution in [2.24, 2.45) is 0 Å². The number of alkyl halides is 1. The Hall–Kier alpha value is -0.790. The zero-order valence-electron chi connectivity index (χ0n) is 10.8. The van der Waals surface area contributed by atoms with E-state index in [2.05, 4.69) is 67.0 Å². The van der Waals surface area contributed by atoms with Crippen molar-refractivity contribution in [2.75, 3.05) is 0 Å². The fraction of sp³-hybridized carbons (Fsp3) is 0.250. The van der Waals surface area contributed by atoms with Crippen LogP contribution in [0.15, 0.2) is 40.9 Å². The van der Waals surface area contributed by atoms with Gasteiger partial charge in [0.2, 0.25) is 0 Å². The van der Waals surface area contributed by atoms with E-state index in [4.69, 9.17) is 11.6 Å². The molecule has 0 amide bonds. The van der Waals surface area contributed by atoms with Gasteiger partial charge in [-0.1, -0.05) is 45.8 Å². The predicted octanol–water partition coefficient (Wildman–Crippen LogP) is 5.70. The van der Waals surface area contributed by atoms with E-state index in [1.54, 1.807) is 0 Å². The van der Waals surface area contributed by atoms with E-state index < -0.39 is 0 Å². The van der Waals surface area contributed by atoms with Crippen molar-refractivity contribution in [3.05, 3.63) is 68.7 Å². The highest BCUT2D eigenvalue weighted by Crippen LogP contribution is 2.34. The lowest BCUT2D eigenvalue weighted by molar-refractivity contribution is 1.08. The smallest absolute Gasteiger partial charge is 0.0840 e. The molecule has 0 N–H and O–H groups in total. The molecule has 0 fully saturated rings. The molecule has 94 valence electrons. The molecule has 0 aliphatic heterocycles. The third-order valence-corrected chi connectivity index (χ3v) is 4.18. The fourth-order valence-corrected chi connectivity index (χ4v) is 3.02. The SMILES string of the molecule is Cc1ccc(C(Cl)c2cc(Br)ccc2C)c(C)c1. The standard InChI is InChI=1S/C16H16BrCl/c1-10-4-7-14(12(3)8-10)16(18)15-9-13(17)6-5-11(15)2/h4-9,16H,1-3H3. The maximum absolute atomic E-state index is 6.65. The molecule has 2 aromatic carbocycles. The van der Waals surface area contributed by atoms with Crippen LogP contribution in [0.4, 0.5) is 0 Å². The Morgan fingerprint density at radius 3 is 2.28 bits per heavy atom. The number of halogens is 2. The van der Waals surface area contributed by atoms with Gasteiger partial charge in [0.05, 0.1) is 5.38 Å². The van der Waals surface area contributed by atoms with Crippen molar-refractivity contribution >= 4 is 27.5 Å². The van der Waals surface area contributed by atoms with Gasteiger partial charge in [-0.3, -0.25) is 0 Å². The van der Waals surface area contributed by atoms with Gasteiger partial charge in [-0.15, -0.1) is 11.6 Å². The maximum atomic E-state index is 6.65. The third kappa shape index (κ3) is 2.78. The maximum Gasteiger partial charge on any atom is 0.0840 e. The summed E-state index contributed by atoms with van der Waals surface area (Å²) in [4.78, 5) is 0. The highest BCUT2D eigenvalue weighted by atomic mass is 79.9. The average molecular weight is 324 g/mol. The van der Waals surface area contributed by atoms with E-state index in [1.807, 2.05) is 6.07 Å². The van der Waals surface area contributed by atoms with Gasteiger partial charge in [-0.2, -0.15) is 0 Å². The molecular weight excluding hydrogens is 308 g/mol. The van der Waals surface area contributed by atoms with E-state index in [1.165, 1.54) is 22.3 Å². The highest BCUT2D eigenvalue weighted by Gasteiger charge is 2.15. The molecule has 0 spiro atoms. The van der Waals surface area contributed by atoms with Crippen LogP contribution >= 0.6 is 27.5 Å². The molecule has 0 aliphatic carbocycles. The molecule has 0 aromatic heterocycles. The molecule has 0 aliphatic rings. The Bertz CT molecular complexity index is 575. The largest absolute Gasteiger partial charge is 0.113 e. The molecule has 0 saturated carbocycles. The van der Waals surface area contributed by atoms with E-state index in [0.717, 1.165) is 10.0 Å². The predicted molar refractivity (Wildman–Crippen MR) is 82.5 cm³/mol. The number of aryl methyl sites for hydroxylation is 3. The van der Waals surface area contributed by atoms with Crippen molar-refractivity contribution in [3.63, 3.8) is 0 Å². The zero-order chi connectivity index (χ0) is 13.3. The minimum absolute atomic E-state index is 0.0944. The van der Waals surface area contributed by atoms with Crippen LogP contribution in [0, 0.1) is 20.8 Å². The lowest BCUT2D eigenvalue weighted by Gasteiger charge is -2.16. The van der Waals surface area contributed by atoms with Crippen LogP contribution in [0.5, 0.6) is 0 Å². The van der Waals surface area contributed by atoms with Crippen molar-refractivity contribution in [3.8, 4) is 0 Å². The summed E-state index contributed by atoms with van der Waals surface area (Å²) in [5.74, 6) is 0. The Labute approximate surface area is 122 Å². The summed E-state index contributed by atoms with van der Waals surface area (Å²) in [6.07, 6.45) is 0. The van der Waals surface area contributed by atoms with Crippen molar-refractivity contribution < 1.29 is 0 Å². The van der Waals surface area contributed by atoms with Gasteiger partial charge in [0.25, 0.3) is 0 Å². The van der Waals surface area contributed by atoms with Gasteiger partial charge in [-0.25, -0.2) is 0 Å². The average Bonchev–Trinajstić information content (AvgIpc) is 2.31. The first-order valence-electron chi connectivity index (χ1n) is 5.96. The minimum Gasteiger partial charge on any atom is -0.113 e. The molecule has 18 heavy (non-hydrogen) atoms. The lowest BCUT2D eigenvalue weighted by atomic mass is 9.96. The van der Waals surface area contributed by atoms with Crippen LogP contribution in [0.25, 0.3) is 0 Å². The van der Waals surface area contributed by atoms with E-state index >= 15 is 0 Å². The van der Waals surface area contributed by atoms with E-state index in [-0.39, 0.29) is 5.38 Å². The van der Waals surface area contributed by atoms with Gasteiger partial charge in [0.15, 0.2) is 0 Å². The van der Waals surface area contributed by atoms with Crippen molar-refractivity contribution in [1.29, 1.82) is 0 Å². The molecule has 0 heterocycles. The summed E-state index contributed by atoms with van der Waals surface area (Å²) in [6, 6.07) is 12.7. The first-order chi connectivity index (χ1) is 8.49. The molecule has 0 bridgehead atoms. The van der Waals surface area contributed by atoms with Gasteiger partial charge < -0.3 is 0 Å². The Kier molecular flexibility index (Phi) is 4.14. The first-order valence-corrected chi connectivity index (χ1v) is 7.19. The Balaban J connectivity index is 2.47. The summed E-state index contributed by atoms with van der Waals surface area (Å²) in [5.41, 5.74) is 6.08.